The molecule has 0 N–H and O–H groups in total. The van der Waals surface area contributed by atoms with Crippen LogP contribution in [0.3, 0.4) is 0 Å². The van der Waals surface area contributed by atoms with Gasteiger partial charge in [-0.3, -0.25) is 14.9 Å². The van der Waals surface area contributed by atoms with E-state index >= 15 is 0 Å². The average Bonchev–Trinajstić information content (AvgIpc) is 2.26. The number of rotatable bonds is 4. The maximum Gasteiger partial charge on any atom is 0.280 e. The van der Waals surface area contributed by atoms with Gasteiger partial charge in [-0.2, -0.15) is 0 Å². The lowest BCUT2D eigenvalue weighted by Gasteiger charge is -2.16. The third kappa shape index (κ3) is 2.31. The van der Waals surface area contributed by atoms with Gasteiger partial charge in [-0.25, -0.2) is 0 Å². The molecule has 0 saturated carbocycles. The highest BCUT2D eigenvalue weighted by atomic mass is 16.6. The Morgan fingerprint density at radius 1 is 1.53 bits per heavy atom. The minimum absolute atomic E-state index is 0.109. The SMILES string of the molecule is CCN(C)c1ccc([N+](=O)[O-])c(C=O)c1. The second kappa shape index (κ2) is 4.54. The molecule has 0 radical (unpaired) electrons. The molecule has 0 aliphatic rings. The molecule has 0 heterocycles. The van der Waals surface area contributed by atoms with Crippen molar-refractivity contribution in [2.24, 2.45) is 0 Å². The van der Waals surface area contributed by atoms with Crippen LogP contribution in [0.25, 0.3) is 0 Å². The highest BCUT2D eigenvalue weighted by molar-refractivity contribution is 5.83. The minimum atomic E-state index is -0.556. The summed E-state index contributed by atoms with van der Waals surface area (Å²) in [5.74, 6) is 0. The number of aldehydes is 1. The molecule has 0 atom stereocenters. The predicted molar refractivity (Wildman–Crippen MR) is 57.4 cm³/mol. The average molecular weight is 208 g/mol. The van der Waals surface area contributed by atoms with Crippen LogP contribution in [0.4, 0.5) is 11.4 Å². The topological polar surface area (TPSA) is 63.4 Å². The van der Waals surface area contributed by atoms with Crippen molar-refractivity contribution in [3.63, 3.8) is 0 Å². The lowest BCUT2D eigenvalue weighted by Crippen LogP contribution is -2.15. The van der Waals surface area contributed by atoms with Gasteiger partial charge >= 0.3 is 0 Å². The number of carbonyl (C=O) groups is 1. The van der Waals surface area contributed by atoms with Crippen LogP contribution < -0.4 is 4.90 Å². The Labute approximate surface area is 87.5 Å². The van der Waals surface area contributed by atoms with Crippen molar-refractivity contribution < 1.29 is 9.72 Å². The van der Waals surface area contributed by atoms with Gasteiger partial charge in [-0.1, -0.05) is 0 Å². The Morgan fingerprint density at radius 2 is 2.20 bits per heavy atom. The highest BCUT2D eigenvalue weighted by Gasteiger charge is 2.14. The van der Waals surface area contributed by atoms with E-state index < -0.39 is 4.92 Å². The molecule has 5 heteroatoms. The Bertz CT molecular complexity index is 390. The first-order chi connectivity index (χ1) is 7.10. The minimum Gasteiger partial charge on any atom is -0.375 e. The lowest BCUT2D eigenvalue weighted by molar-refractivity contribution is -0.385. The number of benzene rings is 1. The molecule has 0 aliphatic carbocycles. The van der Waals surface area contributed by atoms with Crippen LogP contribution in [0.15, 0.2) is 18.2 Å². The van der Waals surface area contributed by atoms with Gasteiger partial charge in [0.2, 0.25) is 0 Å². The number of anilines is 1. The smallest absolute Gasteiger partial charge is 0.280 e. The summed E-state index contributed by atoms with van der Waals surface area (Å²) in [5.41, 5.74) is 0.751. The van der Waals surface area contributed by atoms with Crippen LogP contribution in [-0.4, -0.2) is 24.8 Å². The van der Waals surface area contributed by atoms with E-state index in [1.54, 1.807) is 6.07 Å². The van der Waals surface area contributed by atoms with E-state index in [2.05, 4.69) is 0 Å². The monoisotopic (exact) mass is 208 g/mol. The molecule has 1 aromatic rings. The Morgan fingerprint density at radius 3 is 2.67 bits per heavy atom. The number of nitro groups is 1. The fourth-order valence-corrected chi connectivity index (χ4v) is 1.22. The van der Waals surface area contributed by atoms with Crippen molar-refractivity contribution in [2.45, 2.75) is 6.92 Å². The van der Waals surface area contributed by atoms with E-state index in [9.17, 15) is 14.9 Å². The van der Waals surface area contributed by atoms with Gasteiger partial charge in [0, 0.05) is 25.3 Å². The second-order valence-corrected chi connectivity index (χ2v) is 3.13. The first kappa shape index (κ1) is 11.2. The second-order valence-electron chi connectivity index (χ2n) is 3.13. The number of hydrogen-bond donors (Lipinski definition) is 0. The molecule has 0 aliphatic heterocycles. The van der Waals surface area contributed by atoms with Crippen molar-refractivity contribution in [1.29, 1.82) is 0 Å². The van der Waals surface area contributed by atoms with Crippen LogP contribution in [0.1, 0.15) is 17.3 Å². The summed E-state index contributed by atoms with van der Waals surface area (Å²) in [5, 5.41) is 10.6. The first-order valence-corrected chi connectivity index (χ1v) is 4.55. The van der Waals surface area contributed by atoms with Crippen molar-refractivity contribution in [2.75, 3.05) is 18.5 Å². The van der Waals surface area contributed by atoms with Gasteiger partial charge < -0.3 is 4.90 Å². The van der Waals surface area contributed by atoms with Crippen molar-refractivity contribution >= 4 is 17.7 Å². The molecule has 0 spiro atoms. The fraction of sp³-hybridized carbons (Fsp3) is 0.300. The van der Waals surface area contributed by atoms with Gasteiger partial charge in [-0.15, -0.1) is 0 Å². The number of carbonyl (C=O) groups excluding carboxylic acids is 1. The summed E-state index contributed by atoms with van der Waals surface area (Å²) < 4.78 is 0. The summed E-state index contributed by atoms with van der Waals surface area (Å²) in [4.78, 5) is 22.6. The van der Waals surface area contributed by atoms with Crippen LogP contribution in [0, 0.1) is 10.1 Å². The van der Waals surface area contributed by atoms with E-state index in [1.165, 1.54) is 12.1 Å². The molecular formula is C10H12N2O3. The van der Waals surface area contributed by atoms with Crippen molar-refractivity contribution in [3.05, 3.63) is 33.9 Å². The van der Waals surface area contributed by atoms with Gasteiger partial charge in [0.1, 0.15) is 0 Å². The van der Waals surface area contributed by atoms with Crippen molar-refractivity contribution in [3.8, 4) is 0 Å². The van der Waals surface area contributed by atoms with Gasteiger partial charge in [0.15, 0.2) is 6.29 Å². The zero-order chi connectivity index (χ0) is 11.4. The van der Waals surface area contributed by atoms with Crippen LogP contribution in [-0.2, 0) is 0 Å². The highest BCUT2D eigenvalue weighted by Crippen LogP contribution is 2.22. The van der Waals surface area contributed by atoms with Crippen LogP contribution in [0.2, 0.25) is 0 Å². The molecule has 0 aromatic heterocycles. The standard InChI is InChI=1S/C10H12N2O3/c1-3-11(2)9-4-5-10(12(14)15)8(6-9)7-13/h4-7H,3H2,1-2H3. The molecule has 1 aromatic carbocycles. The molecule has 15 heavy (non-hydrogen) atoms. The number of nitrogens with zero attached hydrogens (tertiary/aromatic N) is 2. The van der Waals surface area contributed by atoms with Crippen LogP contribution >= 0.6 is 0 Å². The number of hydrogen-bond acceptors (Lipinski definition) is 4. The van der Waals surface area contributed by atoms with Gasteiger partial charge in [-0.05, 0) is 19.1 Å². The summed E-state index contributed by atoms with van der Waals surface area (Å²) >= 11 is 0. The molecule has 0 fully saturated rings. The van der Waals surface area contributed by atoms with Crippen molar-refractivity contribution in [1.82, 2.24) is 0 Å². The van der Waals surface area contributed by atoms with Crippen LogP contribution in [0.5, 0.6) is 0 Å². The molecule has 0 saturated heterocycles. The zero-order valence-corrected chi connectivity index (χ0v) is 8.64. The summed E-state index contributed by atoms with van der Waals surface area (Å²) in [7, 11) is 1.86. The number of nitro benzene ring substituents is 1. The van der Waals surface area contributed by atoms with E-state index in [4.69, 9.17) is 0 Å². The zero-order valence-electron chi connectivity index (χ0n) is 8.64. The Balaban J connectivity index is 3.18. The third-order valence-corrected chi connectivity index (χ3v) is 2.25. The molecule has 0 amide bonds. The molecule has 80 valence electrons. The fourth-order valence-electron chi connectivity index (χ4n) is 1.22. The molecule has 1 rings (SSSR count). The largest absolute Gasteiger partial charge is 0.375 e. The normalized spacial score (nSPS) is 9.73. The first-order valence-electron chi connectivity index (χ1n) is 4.55. The third-order valence-electron chi connectivity index (χ3n) is 2.25. The predicted octanol–water partition coefficient (Wildman–Crippen LogP) is 1.86. The molecular weight excluding hydrogens is 196 g/mol. The van der Waals surface area contributed by atoms with Gasteiger partial charge in [0.05, 0.1) is 10.5 Å². The Kier molecular flexibility index (Phi) is 3.38. The summed E-state index contributed by atoms with van der Waals surface area (Å²) in [6.45, 7) is 2.73. The van der Waals surface area contributed by atoms with Gasteiger partial charge in [0.25, 0.3) is 5.69 Å². The lowest BCUT2D eigenvalue weighted by atomic mass is 10.1. The van der Waals surface area contributed by atoms with E-state index in [0.717, 1.165) is 12.2 Å². The molecule has 0 unspecified atom stereocenters. The maximum atomic E-state index is 10.7. The molecule has 5 nitrogen and oxygen atoms in total. The quantitative estimate of drug-likeness (QED) is 0.430. The Hall–Kier alpha value is -1.91. The van der Waals surface area contributed by atoms with E-state index in [0.29, 0.717) is 6.29 Å². The maximum absolute atomic E-state index is 10.7. The van der Waals surface area contributed by atoms with E-state index in [-0.39, 0.29) is 11.3 Å². The van der Waals surface area contributed by atoms with E-state index in [1.807, 2.05) is 18.9 Å². The molecule has 0 bridgehead atoms. The summed E-state index contributed by atoms with van der Waals surface area (Å²) in [6, 6.07) is 4.51. The summed E-state index contributed by atoms with van der Waals surface area (Å²) in [6.07, 6.45) is 0.505.